The molecule has 15 heavy (non-hydrogen) atoms. The van der Waals surface area contributed by atoms with Crippen LogP contribution in [0.25, 0.3) is 0 Å². The van der Waals surface area contributed by atoms with Crippen molar-refractivity contribution in [1.29, 1.82) is 0 Å². The van der Waals surface area contributed by atoms with Gasteiger partial charge in [0.2, 0.25) is 0 Å². The minimum Gasteiger partial charge on any atom is -0.508 e. The van der Waals surface area contributed by atoms with Crippen LogP contribution in [-0.4, -0.2) is 17.2 Å². The maximum atomic E-state index is 9.35. The second kappa shape index (κ2) is 5.14. The molecule has 3 heteroatoms. The Morgan fingerprint density at radius 2 is 1.93 bits per heavy atom. The van der Waals surface area contributed by atoms with E-state index in [1.54, 1.807) is 12.1 Å². The molecule has 0 aliphatic rings. The van der Waals surface area contributed by atoms with Crippen molar-refractivity contribution in [3.8, 4) is 5.75 Å². The van der Waals surface area contributed by atoms with Crippen molar-refractivity contribution in [2.75, 3.05) is 0 Å². The molecular weight excluding hydrogens is 188 g/mol. The summed E-state index contributed by atoms with van der Waals surface area (Å²) in [5.74, 6) is 0.301. The van der Waals surface area contributed by atoms with Crippen LogP contribution < -0.4 is 11.1 Å². The Bertz CT molecular complexity index is 312. The van der Waals surface area contributed by atoms with Crippen molar-refractivity contribution in [2.45, 2.75) is 38.9 Å². The molecular formula is C12H20N2O. The number of aromatic hydroxyl groups is 1. The fourth-order valence-corrected chi connectivity index (χ4v) is 1.44. The van der Waals surface area contributed by atoms with E-state index >= 15 is 0 Å². The first kappa shape index (κ1) is 12.0. The number of phenols is 1. The molecule has 0 fully saturated rings. The normalized spacial score (nSPS) is 17.1. The van der Waals surface area contributed by atoms with E-state index in [1.807, 2.05) is 19.1 Å². The van der Waals surface area contributed by atoms with E-state index in [2.05, 4.69) is 19.2 Å². The highest BCUT2D eigenvalue weighted by Gasteiger charge is 2.12. The van der Waals surface area contributed by atoms with Gasteiger partial charge >= 0.3 is 0 Å². The zero-order valence-corrected chi connectivity index (χ0v) is 9.57. The number of benzene rings is 1. The lowest BCUT2D eigenvalue weighted by Crippen LogP contribution is -2.41. The van der Waals surface area contributed by atoms with Gasteiger partial charge in [-0.15, -0.1) is 0 Å². The van der Waals surface area contributed by atoms with Crippen LogP contribution in [-0.2, 0) is 0 Å². The molecule has 3 nitrogen and oxygen atoms in total. The van der Waals surface area contributed by atoms with Crippen molar-refractivity contribution in [3.05, 3.63) is 29.8 Å². The summed E-state index contributed by atoms with van der Waals surface area (Å²) in [6.07, 6.45) is 0. The van der Waals surface area contributed by atoms with E-state index in [-0.39, 0.29) is 18.1 Å². The summed E-state index contributed by atoms with van der Waals surface area (Å²) < 4.78 is 0. The fourth-order valence-electron chi connectivity index (χ4n) is 1.44. The first-order valence-electron chi connectivity index (χ1n) is 5.31. The Morgan fingerprint density at radius 3 is 2.47 bits per heavy atom. The molecule has 1 rings (SSSR count). The molecule has 1 aromatic rings. The third-order valence-corrected chi connectivity index (χ3v) is 2.67. The van der Waals surface area contributed by atoms with Crippen molar-refractivity contribution < 1.29 is 5.11 Å². The molecule has 3 atom stereocenters. The summed E-state index contributed by atoms with van der Waals surface area (Å²) in [7, 11) is 0. The quantitative estimate of drug-likeness (QED) is 0.707. The second-order valence-electron chi connectivity index (χ2n) is 4.13. The number of nitrogens with two attached hydrogens (primary N) is 1. The van der Waals surface area contributed by atoms with Gasteiger partial charge < -0.3 is 16.2 Å². The molecule has 0 spiro atoms. The van der Waals surface area contributed by atoms with Crippen LogP contribution in [0, 0.1) is 0 Å². The number of nitrogens with one attached hydrogen (secondary N) is 1. The summed E-state index contributed by atoms with van der Waals surface area (Å²) in [6.45, 7) is 6.10. The molecule has 0 amide bonds. The summed E-state index contributed by atoms with van der Waals surface area (Å²) >= 11 is 0. The predicted octanol–water partition coefficient (Wildman–Crippen LogP) is 1.78. The summed E-state index contributed by atoms with van der Waals surface area (Å²) in [5, 5.41) is 12.7. The molecule has 0 bridgehead atoms. The van der Waals surface area contributed by atoms with Gasteiger partial charge in [-0.3, -0.25) is 0 Å². The molecule has 3 unspecified atom stereocenters. The standard InChI is InChI=1S/C12H20N2O/c1-8(13)9(2)14-10(3)11-5-4-6-12(15)7-11/h4-10,14-15H,13H2,1-3H3. The van der Waals surface area contributed by atoms with Crippen LogP contribution in [0.2, 0.25) is 0 Å². The molecule has 0 saturated carbocycles. The van der Waals surface area contributed by atoms with Crippen LogP contribution in [0.4, 0.5) is 0 Å². The highest BCUT2D eigenvalue weighted by molar-refractivity contribution is 5.29. The molecule has 0 saturated heterocycles. The van der Waals surface area contributed by atoms with Crippen molar-refractivity contribution >= 4 is 0 Å². The second-order valence-corrected chi connectivity index (χ2v) is 4.13. The predicted molar refractivity (Wildman–Crippen MR) is 62.8 cm³/mol. The Labute approximate surface area is 91.3 Å². The van der Waals surface area contributed by atoms with Crippen LogP contribution in [0.1, 0.15) is 32.4 Å². The van der Waals surface area contributed by atoms with Crippen LogP contribution in [0.5, 0.6) is 5.75 Å². The van der Waals surface area contributed by atoms with Crippen molar-refractivity contribution in [2.24, 2.45) is 5.73 Å². The molecule has 4 N–H and O–H groups in total. The lowest BCUT2D eigenvalue weighted by Gasteiger charge is -2.23. The Hall–Kier alpha value is -1.06. The van der Waals surface area contributed by atoms with Crippen molar-refractivity contribution in [1.82, 2.24) is 5.32 Å². The average Bonchev–Trinajstić information content (AvgIpc) is 2.17. The monoisotopic (exact) mass is 208 g/mol. The van der Waals surface area contributed by atoms with Gasteiger partial charge in [0.15, 0.2) is 0 Å². The number of hydrogen-bond acceptors (Lipinski definition) is 3. The SMILES string of the molecule is CC(NC(C)C(C)N)c1cccc(O)c1. The minimum atomic E-state index is 0.116. The third kappa shape index (κ3) is 3.53. The number of phenolic OH excluding ortho intramolecular Hbond substituents is 1. The van der Waals surface area contributed by atoms with Gasteiger partial charge in [0, 0.05) is 18.1 Å². The minimum absolute atomic E-state index is 0.116. The maximum absolute atomic E-state index is 9.35. The average molecular weight is 208 g/mol. The summed E-state index contributed by atoms with van der Waals surface area (Å²) in [6, 6.07) is 7.84. The Balaban J connectivity index is 2.64. The topological polar surface area (TPSA) is 58.3 Å². The zero-order chi connectivity index (χ0) is 11.4. The zero-order valence-electron chi connectivity index (χ0n) is 9.57. The lowest BCUT2D eigenvalue weighted by atomic mass is 10.1. The number of rotatable bonds is 4. The van der Waals surface area contributed by atoms with Gasteiger partial charge in [-0.25, -0.2) is 0 Å². The van der Waals surface area contributed by atoms with Crippen LogP contribution in [0.15, 0.2) is 24.3 Å². The fraction of sp³-hybridized carbons (Fsp3) is 0.500. The van der Waals surface area contributed by atoms with Gasteiger partial charge in [-0.2, -0.15) is 0 Å². The molecule has 0 aliphatic carbocycles. The van der Waals surface area contributed by atoms with E-state index in [1.165, 1.54) is 0 Å². The van der Waals surface area contributed by atoms with Gasteiger partial charge in [-0.05, 0) is 38.5 Å². The Morgan fingerprint density at radius 1 is 1.27 bits per heavy atom. The molecule has 0 aliphatic heterocycles. The molecule has 0 radical (unpaired) electrons. The maximum Gasteiger partial charge on any atom is 0.115 e. The van der Waals surface area contributed by atoms with E-state index in [9.17, 15) is 5.11 Å². The summed E-state index contributed by atoms with van der Waals surface area (Å²) in [5.41, 5.74) is 6.85. The van der Waals surface area contributed by atoms with Crippen LogP contribution >= 0.6 is 0 Å². The van der Waals surface area contributed by atoms with Gasteiger partial charge in [0.05, 0.1) is 0 Å². The smallest absolute Gasteiger partial charge is 0.115 e. The van der Waals surface area contributed by atoms with E-state index in [0.29, 0.717) is 5.75 Å². The molecule has 0 heterocycles. The van der Waals surface area contributed by atoms with Gasteiger partial charge in [0.25, 0.3) is 0 Å². The Kier molecular flexibility index (Phi) is 4.12. The first-order valence-corrected chi connectivity index (χ1v) is 5.31. The molecule has 1 aromatic carbocycles. The number of hydrogen-bond donors (Lipinski definition) is 3. The highest BCUT2D eigenvalue weighted by atomic mass is 16.3. The van der Waals surface area contributed by atoms with E-state index in [0.717, 1.165) is 5.56 Å². The largest absolute Gasteiger partial charge is 0.508 e. The van der Waals surface area contributed by atoms with Crippen LogP contribution in [0.3, 0.4) is 0 Å². The molecule has 0 aromatic heterocycles. The van der Waals surface area contributed by atoms with E-state index < -0.39 is 0 Å². The van der Waals surface area contributed by atoms with Gasteiger partial charge in [0.1, 0.15) is 5.75 Å². The summed E-state index contributed by atoms with van der Waals surface area (Å²) in [4.78, 5) is 0. The molecule has 84 valence electrons. The van der Waals surface area contributed by atoms with E-state index in [4.69, 9.17) is 5.73 Å². The first-order chi connectivity index (χ1) is 7.00. The highest BCUT2D eigenvalue weighted by Crippen LogP contribution is 2.18. The lowest BCUT2D eigenvalue weighted by molar-refractivity contribution is 0.427. The van der Waals surface area contributed by atoms with Gasteiger partial charge in [-0.1, -0.05) is 12.1 Å². The van der Waals surface area contributed by atoms with Crippen molar-refractivity contribution in [3.63, 3.8) is 0 Å². The third-order valence-electron chi connectivity index (χ3n) is 2.67.